The fourth-order valence-corrected chi connectivity index (χ4v) is 0.786. The molecule has 0 radical (unpaired) electrons. The summed E-state index contributed by atoms with van der Waals surface area (Å²) in [5.74, 6) is 0.491. The second kappa shape index (κ2) is 8.56. The lowest BCUT2D eigenvalue weighted by atomic mass is 10.4. The molecule has 0 spiro atoms. The Hall–Kier alpha value is -1.03. The Morgan fingerprint density at radius 1 is 1.57 bits per heavy atom. The topological polar surface area (TPSA) is 59.6 Å². The van der Waals surface area contributed by atoms with Crippen molar-refractivity contribution in [3.05, 3.63) is 12.2 Å². The molecule has 0 aliphatic carbocycles. The van der Waals surface area contributed by atoms with Crippen molar-refractivity contribution < 1.29 is 4.74 Å². The van der Waals surface area contributed by atoms with E-state index in [4.69, 9.17) is 10.5 Å². The molecule has 0 atom stereocenters. The summed E-state index contributed by atoms with van der Waals surface area (Å²) in [5, 5.41) is 2.96. The molecule has 14 heavy (non-hydrogen) atoms. The molecule has 0 rings (SSSR count). The summed E-state index contributed by atoms with van der Waals surface area (Å²) in [7, 11) is 0. The van der Waals surface area contributed by atoms with Crippen LogP contribution in [0.4, 0.5) is 0 Å². The van der Waals surface area contributed by atoms with Crippen LogP contribution < -0.4 is 11.1 Å². The highest BCUT2D eigenvalue weighted by Gasteiger charge is 1.91. The first-order valence-corrected chi connectivity index (χ1v) is 4.92. The van der Waals surface area contributed by atoms with Crippen LogP contribution >= 0.6 is 0 Å². The average Bonchev–Trinajstić information content (AvgIpc) is 2.13. The largest absolute Gasteiger partial charge is 0.375 e. The number of nitrogens with two attached hydrogens (primary N) is 1. The Kier molecular flexibility index (Phi) is 7.93. The number of guanidine groups is 1. The molecule has 0 aliphatic heterocycles. The summed E-state index contributed by atoms with van der Waals surface area (Å²) in [6.07, 6.45) is 1.01. The molecular weight excluding hydrogens is 178 g/mol. The number of rotatable bonds is 7. The smallest absolute Gasteiger partial charge is 0.188 e. The first-order valence-electron chi connectivity index (χ1n) is 4.92. The van der Waals surface area contributed by atoms with E-state index in [1.807, 2.05) is 6.92 Å². The van der Waals surface area contributed by atoms with Crippen molar-refractivity contribution in [3.63, 3.8) is 0 Å². The molecule has 3 N–H and O–H groups in total. The number of ether oxygens (including phenoxy) is 1. The molecule has 82 valence electrons. The first kappa shape index (κ1) is 13.0. The van der Waals surface area contributed by atoms with Crippen LogP contribution in [0.5, 0.6) is 0 Å². The molecule has 0 fully saturated rings. The molecule has 0 saturated carbocycles. The van der Waals surface area contributed by atoms with Crippen LogP contribution in [0.3, 0.4) is 0 Å². The molecular formula is C10H21N3O. The van der Waals surface area contributed by atoms with Crippen molar-refractivity contribution in [1.82, 2.24) is 5.32 Å². The third-order valence-corrected chi connectivity index (χ3v) is 1.41. The van der Waals surface area contributed by atoms with Crippen LogP contribution in [-0.2, 0) is 4.74 Å². The Morgan fingerprint density at radius 3 is 2.86 bits per heavy atom. The van der Waals surface area contributed by atoms with Gasteiger partial charge in [0.05, 0.1) is 13.2 Å². The second-order valence-electron chi connectivity index (χ2n) is 3.20. The van der Waals surface area contributed by atoms with Gasteiger partial charge in [-0.05, 0) is 13.3 Å². The third-order valence-electron chi connectivity index (χ3n) is 1.41. The summed E-state index contributed by atoms with van der Waals surface area (Å²) in [4.78, 5) is 4.09. The summed E-state index contributed by atoms with van der Waals surface area (Å²) in [6.45, 7) is 10.4. The van der Waals surface area contributed by atoms with Crippen molar-refractivity contribution in [3.8, 4) is 0 Å². The summed E-state index contributed by atoms with van der Waals surface area (Å²) in [6, 6.07) is 0. The maximum Gasteiger partial charge on any atom is 0.188 e. The van der Waals surface area contributed by atoms with Gasteiger partial charge in [0.2, 0.25) is 0 Å². The number of hydrogen-bond acceptors (Lipinski definition) is 2. The van der Waals surface area contributed by atoms with Crippen LogP contribution in [0.25, 0.3) is 0 Å². The fourth-order valence-electron chi connectivity index (χ4n) is 0.786. The molecule has 0 heterocycles. The van der Waals surface area contributed by atoms with E-state index in [0.717, 1.165) is 18.5 Å². The van der Waals surface area contributed by atoms with Gasteiger partial charge in [-0.3, -0.25) is 4.99 Å². The molecule has 0 aromatic carbocycles. The minimum absolute atomic E-state index is 0.491. The standard InChI is InChI=1S/C10H21N3O/c1-4-5-12-10(11)13-6-7-14-8-9(2)3/h2,4-8H2,1,3H3,(H3,11,12,13). The van der Waals surface area contributed by atoms with E-state index in [1.54, 1.807) is 0 Å². The number of aliphatic imine (C=N–C) groups is 1. The Labute approximate surface area is 86.2 Å². The van der Waals surface area contributed by atoms with Crippen molar-refractivity contribution in [2.75, 3.05) is 26.3 Å². The Morgan fingerprint density at radius 2 is 2.29 bits per heavy atom. The summed E-state index contributed by atoms with van der Waals surface area (Å²) in [5.41, 5.74) is 6.59. The zero-order valence-electron chi connectivity index (χ0n) is 9.18. The highest BCUT2D eigenvalue weighted by atomic mass is 16.5. The van der Waals surface area contributed by atoms with Gasteiger partial charge in [0, 0.05) is 13.1 Å². The van der Waals surface area contributed by atoms with Gasteiger partial charge < -0.3 is 15.8 Å². The van der Waals surface area contributed by atoms with Crippen molar-refractivity contribution in [2.24, 2.45) is 10.7 Å². The molecule has 0 bridgehead atoms. The van der Waals surface area contributed by atoms with E-state index in [2.05, 4.69) is 23.8 Å². The summed E-state index contributed by atoms with van der Waals surface area (Å²) >= 11 is 0. The lowest BCUT2D eigenvalue weighted by Crippen LogP contribution is -2.34. The number of nitrogens with zero attached hydrogens (tertiary/aromatic N) is 1. The lowest BCUT2D eigenvalue weighted by Gasteiger charge is -2.06. The van der Waals surface area contributed by atoms with E-state index in [0.29, 0.717) is 25.7 Å². The lowest BCUT2D eigenvalue weighted by molar-refractivity contribution is 0.161. The monoisotopic (exact) mass is 199 g/mol. The molecule has 0 unspecified atom stereocenters. The fraction of sp³-hybridized carbons (Fsp3) is 0.700. The third kappa shape index (κ3) is 9.06. The van der Waals surface area contributed by atoms with Crippen LogP contribution in [-0.4, -0.2) is 32.3 Å². The van der Waals surface area contributed by atoms with Gasteiger partial charge in [0.1, 0.15) is 0 Å². The van der Waals surface area contributed by atoms with Gasteiger partial charge in [0.15, 0.2) is 5.96 Å². The van der Waals surface area contributed by atoms with Crippen molar-refractivity contribution >= 4 is 5.96 Å². The van der Waals surface area contributed by atoms with Gasteiger partial charge in [-0.15, -0.1) is 0 Å². The summed E-state index contributed by atoms with van der Waals surface area (Å²) < 4.78 is 5.28. The highest BCUT2D eigenvalue weighted by Crippen LogP contribution is 1.86. The molecule has 4 heteroatoms. The predicted molar refractivity (Wildman–Crippen MR) is 60.4 cm³/mol. The second-order valence-corrected chi connectivity index (χ2v) is 3.20. The van der Waals surface area contributed by atoms with Crippen molar-refractivity contribution in [1.29, 1.82) is 0 Å². The quantitative estimate of drug-likeness (QED) is 0.277. The maximum absolute atomic E-state index is 5.57. The van der Waals surface area contributed by atoms with E-state index in [1.165, 1.54) is 0 Å². The SMILES string of the molecule is C=C(C)COCCNC(N)=NCCC. The molecule has 4 nitrogen and oxygen atoms in total. The minimum Gasteiger partial charge on any atom is -0.375 e. The van der Waals surface area contributed by atoms with Crippen LogP contribution in [0.2, 0.25) is 0 Å². The van der Waals surface area contributed by atoms with Gasteiger partial charge >= 0.3 is 0 Å². The molecule has 0 aliphatic rings. The molecule has 0 aromatic heterocycles. The normalized spacial score (nSPS) is 11.4. The molecule has 0 saturated heterocycles. The first-order chi connectivity index (χ1) is 6.66. The zero-order valence-corrected chi connectivity index (χ0v) is 9.18. The maximum atomic E-state index is 5.57. The van der Waals surface area contributed by atoms with Crippen LogP contribution in [0, 0.1) is 0 Å². The molecule has 0 amide bonds. The van der Waals surface area contributed by atoms with E-state index >= 15 is 0 Å². The minimum atomic E-state index is 0.491. The van der Waals surface area contributed by atoms with E-state index < -0.39 is 0 Å². The van der Waals surface area contributed by atoms with Gasteiger partial charge in [-0.2, -0.15) is 0 Å². The van der Waals surface area contributed by atoms with Gasteiger partial charge in [-0.1, -0.05) is 19.1 Å². The highest BCUT2D eigenvalue weighted by molar-refractivity contribution is 5.77. The Balaban J connectivity index is 3.31. The number of nitrogens with one attached hydrogen (secondary N) is 1. The van der Waals surface area contributed by atoms with Crippen LogP contribution in [0.1, 0.15) is 20.3 Å². The van der Waals surface area contributed by atoms with E-state index in [-0.39, 0.29) is 0 Å². The Bertz CT molecular complexity index is 190. The van der Waals surface area contributed by atoms with Crippen molar-refractivity contribution in [2.45, 2.75) is 20.3 Å². The van der Waals surface area contributed by atoms with E-state index in [9.17, 15) is 0 Å². The predicted octanol–water partition coefficient (Wildman–Crippen LogP) is 0.893. The molecule has 0 aromatic rings. The zero-order chi connectivity index (χ0) is 10.8. The van der Waals surface area contributed by atoms with Gasteiger partial charge in [0.25, 0.3) is 0 Å². The average molecular weight is 199 g/mol. The number of hydrogen-bond donors (Lipinski definition) is 2. The van der Waals surface area contributed by atoms with Gasteiger partial charge in [-0.25, -0.2) is 0 Å². The van der Waals surface area contributed by atoms with Crippen LogP contribution in [0.15, 0.2) is 17.1 Å².